The fourth-order valence-electron chi connectivity index (χ4n) is 5.85. The van der Waals surface area contributed by atoms with Crippen molar-refractivity contribution in [2.24, 2.45) is 0 Å². The fraction of sp³-hybridized carbons (Fsp3) is 0. The molecule has 5 aromatic heterocycles. The molecule has 9 rings (SSSR count). The Hall–Kier alpha value is -4.61. The van der Waals surface area contributed by atoms with Gasteiger partial charge in [0.1, 0.15) is 11.5 Å². The monoisotopic (exact) mass is 794 g/mol. The van der Waals surface area contributed by atoms with Crippen LogP contribution < -0.4 is 0 Å². The Morgan fingerprint density at radius 3 is 2.29 bits per heavy atom. The van der Waals surface area contributed by atoms with Gasteiger partial charge in [-0.1, -0.05) is 52.9 Å². The van der Waals surface area contributed by atoms with Crippen LogP contribution in [0.2, 0.25) is 0 Å². The molecular formula is C38H21N3OPtS2. The Kier molecular flexibility index (Phi) is 7.06. The minimum Gasteiger partial charge on any atom is -0.481 e. The van der Waals surface area contributed by atoms with Crippen LogP contribution in [0.15, 0.2) is 129 Å². The van der Waals surface area contributed by atoms with Crippen LogP contribution in [0.5, 0.6) is 0 Å². The van der Waals surface area contributed by atoms with Crippen LogP contribution in [-0.2, 0) is 21.1 Å². The van der Waals surface area contributed by atoms with Crippen molar-refractivity contribution in [2.45, 2.75) is 0 Å². The molecule has 216 valence electrons. The summed E-state index contributed by atoms with van der Waals surface area (Å²) in [4.78, 5) is 9.50. The summed E-state index contributed by atoms with van der Waals surface area (Å²) in [6, 6.07) is 40.8. The summed E-state index contributed by atoms with van der Waals surface area (Å²) < 4.78 is 8.59. The van der Waals surface area contributed by atoms with Crippen LogP contribution in [0.25, 0.3) is 83.6 Å². The fourth-order valence-corrected chi connectivity index (χ4v) is 7.18. The molecule has 0 spiro atoms. The second kappa shape index (κ2) is 11.4. The number of aromatic nitrogens is 3. The van der Waals surface area contributed by atoms with E-state index in [1.807, 2.05) is 30.5 Å². The zero-order chi connectivity index (χ0) is 29.0. The Morgan fingerprint density at radius 2 is 1.49 bits per heavy atom. The van der Waals surface area contributed by atoms with E-state index in [2.05, 4.69) is 116 Å². The molecule has 0 saturated heterocycles. The number of oxazole rings is 1. The predicted octanol–water partition coefficient (Wildman–Crippen LogP) is 10.7. The summed E-state index contributed by atoms with van der Waals surface area (Å²) >= 11 is 3.37. The second-order valence-electron chi connectivity index (χ2n) is 10.6. The third-order valence-corrected chi connectivity index (χ3v) is 9.31. The molecule has 0 aliphatic rings. The molecule has 0 fully saturated rings. The molecule has 4 aromatic carbocycles. The Balaban J connectivity index is 0.00000300. The van der Waals surface area contributed by atoms with E-state index in [4.69, 9.17) is 9.40 Å². The zero-order valence-electron chi connectivity index (χ0n) is 23.5. The van der Waals surface area contributed by atoms with Gasteiger partial charge < -0.3 is 14.0 Å². The van der Waals surface area contributed by atoms with Crippen LogP contribution in [0.1, 0.15) is 0 Å². The molecule has 7 heteroatoms. The smallest absolute Gasteiger partial charge is 0.481 e. The molecule has 0 bridgehead atoms. The van der Waals surface area contributed by atoms with Crippen LogP contribution in [0.4, 0.5) is 0 Å². The van der Waals surface area contributed by atoms with E-state index >= 15 is 0 Å². The van der Waals surface area contributed by atoms with Crippen molar-refractivity contribution in [3.63, 3.8) is 0 Å². The molecular weight excluding hydrogens is 774 g/mol. The number of hydrogen-bond acceptors (Lipinski definition) is 5. The van der Waals surface area contributed by atoms with E-state index in [1.54, 1.807) is 22.7 Å². The zero-order valence-corrected chi connectivity index (χ0v) is 27.4. The maximum Gasteiger partial charge on any atom is 2.00 e. The number of hydrogen-bond donors (Lipinski definition) is 0. The summed E-state index contributed by atoms with van der Waals surface area (Å²) in [5, 5.41) is 10.8. The van der Waals surface area contributed by atoms with Crippen LogP contribution >= 0.6 is 22.7 Å². The molecule has 9 aromatic rings. The van der Waals surface area contributed by atoms with E-state index < -0.39 is 0 Å². The minimum atomic E-state index is 0. The quantitative estimate of drug-likeness (QED) is 0.163. The maximum absolute atomic E-state index is 6.34. The van der Waals surface area contributed by atoms with Gasteiger partial charge in [0.15, 0.2) is 0 Å². The van der Waals surface area contributed by atoms with Gasteiger partial charge in [0.2, 0.25) is 0 Å². The molecule has 0 radical (unpaired) electrons. The largest absolute Gasteiger partial charge is 2.00 e. The molecule has 0 amide bonds. The van der Waals surface area contributed by atoms with Crippen molar-refractivity contribution >= 4 is 55.6 Å². The van der Waals surface area contributed by atoms with E-state index in [9.17, 15) is 0 Å². The molecule has 0 aliphatic carbocycles. The standard InChI is InChI=1S/C38H21N3OS2.Pt/c1-2-7-35-31(5-1)32-10-8-25(38-40-34-11-9-24(21-37(34)42-38)26-12-15-43-22-26)20-36(32)41(35)30-18-28(27-13-16-44-23-27)17-29(19-30)33-6-3-4-14-39-33;/h1-18,21-23H;/q-2;+2. The van der Waals surface area contributed by atoms with Crippen LogP contribution in [0.3, 0.4) is 0 Å². The molecule has 0 N–H and O–H groups in total. The predicted molar refractivity (Wildman–Crippen MR) is 181 cm³/mol. The van der Waals surface area contributed by atoms with Gasteiger partial charge in [-0.3, -0.25) is 4.98 Å². The van der Waals surface area contributed by atoms with E-state index in [1.165, 1.54) is 11.1 Å². The van der Waals surface area contributed by atoms with Crippen molar-refractivity contribution in [1.82, 2.24) is 14.5 Å². The maximum atomic E-state index is 6.34. The van der Waals surface area contributed by atoms with Crippen molar-refractivity contribution in [1.29, 1.82) is 0 Å². The van der Waals surface area contributed by atoms with Crippen molar-refractivity contribution < 1.29 is 25.5 Å². The molecule has 0 atom stereocenters. The number of thiophene rings is 2. The Bertz CT molecular complexity index is 2440. The van der Waals surface area contributed by atoms with Gasteiger partial charge in [0.25, 0.3) is 0 Å². The third kappa shape index (κ3) is 4.86. The van der Waals surface area contributed by atoms with Crippen LogP contribution in [-0.4, -0.2) is 14.5 Å². The topological polar surface area (TPSA) is 43.9 Å². The van der Waals surface area contributed by atoms with Crippen molar-refractivity contribution in [3.05, 3.63) is 137 Å². The van der Waals surface area contributed by atoms with Gasteiger partial charge in [-0.2, -0.15) is 22.7 Å². The first kappa shape index (κ1) is 27.9. The first-order valence-electron chi connectivity index (χ1n) is 14.2. The van der Waals surface area contributed by atoms with Crippen molar-refractivity contribution in [2.75, 3.05) is 0 Å². The first-order valence-corrected chi connectivity index (χ1v) is 16.1. The Labute approximate surface area is 281 Å². The molecule has 4 nitrogen and oxygen atoms in total. The van der Waals surface area contributed by atoms with Gasteiger partial charge in [-0.15, -0.1) is 42.0 Å². The molecule has 5 heterocycles. The SMILES string of the molecule is [Pt+2].[c-]1c(-c2ccccn2)cc(-c2ccsc2)cc1-n1c2[c-]c(-c3nc4ccc(-c5ccsc5)cc4o3)ccc2c2ccccc21. The summed E-state index contributed by atoms with van der Waals surface area (Å²) in [6.45, 7) is 0. The summed E-state index contributed by atoms with van der Waals surface area (Å²) in [6.07, 6.45) is 1.82. The van der Waals surface area contributed by atoms with Gasteiger partial charge in [-0.05, 0) is 96.9 Å². The number of rotatable bonds is 5. The van der Waals surface area contributed by atoms with E-state index in [-0.39, 0.29) is 21.1 Å². The number of nitrogens with zero attached hydrogens (tertiary/aromatic N) is 3. The first-order chi connectivity index (χ1) is 21.8. The average molecular weight is 795 g/mol. The second-order valence-corrected chi connectivity index (χ2v) is 12.2. The van der Waals surface area contributed by atoms with Crippen LogP contribution in [0, 0.1) is 12.1 Å². The number of benzene rings is 4. The third-order valence-electron chi connectivity index (χ3n) is 7.95. The summed E-state index contributed by atoms with van der Waals surface area (Å²) in [5.41, 5.74) is 11.7. The summed E-state index contributed by atoms with van der Waals surface area (Å²) in [7, 11) is 0. The van der Waals surface area contributed by atoms with Gasteiger partial charge in [-0.25, -0.2) is 0 Å². The van der Waals surface area contributed by atoms with E-state index in [0.717, 1.165) is 66.5 Å². The van der Waals surface area contributed by atoms with Gasteiger partial charge in [0.05, 0.1) is 5.52 Å². The number of fused-ring (bicyclic) bond motifs is 4. The number of pyridine rings is 1. The summed E-state index contributed by atoms with van der Waals surface area (Å²) in [5.74, 6) is 0.548. The molecule has 0 aliphatic heterocycles. The number of para-hydroxylation sites is 1. The molecule has 0 saturated carbocycles. The minimum absolute atomic E-state index is 0. The van der Waals surface area contributed by atoms with Crippen molar-refractivity contribution in [3.8, 4) is 50.7 Å². The van der Waals surface area contributed by atoms with Gasteiger partial charge >= 0.3 is 21.1 Å². The van der Waals surface area contributed by atoms with Gasteiger partial charge in [0, 0.05) is 11.7 Å². The molecule has 0 unspecified atom stereocenters. The van der Waals surface area contributed by atoms with E-state index in [0.29, 0.717) is 5.89 Å². The molecule has 45 heavy (non-hydrogen) atoms. The average Bonchev–Trinajstić information content (AvgIpc) is 3.90. The normalized spacial score (nSPS) is 11.4. The Morgan fingerprint density at radius 1 is 0.667 bits per heavy atom.